The lowest BCUT2D eigenvalue weighted by atomic mass is 10.0. The van der Waals surface area contributed by atoms with Crippen molar-refractivity contribution in [3.05, 3.63) is 28.4 Å². The summed E-state index contributed by atoms with van der Waals surface area (Å²) < 4.78 is 27.0. The molecule has 1 aromatic rings. The van der Waals surface area contributed by atoms with Gasteiger partial charge in [0.25, 0.3) is 0 Å². The molecule has 0 saturated carbocycles. The van der Waals surface area contributed by atoms with E-state index in [0.29, 0.717) is 0 Å². The number of pyridine rings is 1. The van der Waals surface area contributed by atoms with Crippen LogP contribution in [0.2, 0.25) is 0 Å². The second kappa shape index (κ2) is 5.81. The Bertz CT molecular complexity index is 587. The molecule has 110 valence electrons. The first-order valence-corrected chi connectivity index (χ1v) is 7.74. The van der Waals surface area contributed by atoms with Crippen LogP contribution in [0.5, 0.6) is 0 Å². The maximum atomic E-state index is 12.2. The standard InChI is InChI=1S/C11H16N4O4S/c1-8-10(3-2-6-12-8)14-20(18,19)9-4-5-11(13-7-9)15(16)17/h4-5,7-8,10,12,14H,2-3,6H2,1H3. The number of sulfonamides is 1. The van der Waals surface area contributed by atoms with Crippen LogP contribution in [0.4, 0.5) is 5.82 Å². The smallest absolute Gasteiger partial charge is 0.358 e. The van der Waals surface area contributed by atoms with E-state index in [9.17, 15) is 18.5 Å². The summed E-state index contributed by atoms with van der Waals surface area (Å²) in [4.78, 5) is 13.3. The Kier molecular flexibility index (Phi) is 4.31. The van der Waals surface area contributed by atoms with E-state index >= 15 is 0 Å². The molecular weight excluding hydrogens is 284 g/mol. The normalized spacial score (nSPS) is 23.4. The highest BCUT2D eigenvalue weighted by Gasteiger charge is 2.27. The van der Waals surface area contributed by atoms with Crippen molar-refractivity contribution >= 4 is 15.8 Å². The number of hydrogen-bond acceptors (Lipinski definition) is 6. The average molecular weight is 300 g/mol. The number of nitro groups is 1. The summed E-state index contributed by atoms with van der Waals surface area (Å²) in [7, 11) is -3.71. The number of hydrogen-bond donors (Lipinski definition) is 2. The molecule has 0 aromatic carbocycles. The van der Waals surface area contributed by atoms with Crippen molar-refractivity contribution in [3.8, 4) is 0 Å². The van der Waals surface area contributed by atoms with Gasteiger partial charge in [-0.05, 0) is 42.3 Å². The molecule has 2 N–H and O–H groups in total. The summed E-state index contributed by atoms with van der Waals surface area (Å²) in [6, 6.07) is 2.12. The van der Waals surface area contributed by atoms with Crippen LogP contribution in [-0.4, -0.2) is 37.0 Å². The largest absolute Gasteiger partial charge is 0.363 e. The predicted molar refractivity (Wildman–Crippen MR) is 71.7 cm³/mol. The molecule has 0 radical (unpaired) electrons. The summed E-state index contributed by atoms with van der Waals surface area (Å²) in [6.07, 6.45) is 2.66. The van der Waals surface area contributed by atoms with Crippen LogP contribution in [-0.2, 0) is 10.0 Å². The fourth-order valence-corrected chi connectivity index (χ4v) is 3.41. The molecule has 2 heterocycles. The molecule has 8 nitrogen and oxygen atoms in total. The van der Waals surface area contributed by atoms with Crippen LogP contribution in [0.15, 0.2) is 23.2 Å². The molecule has 0 aliphatic carbocycles. The quantitative estimate of drug-likeness (QED) is 0.615. The summed E-state index contributed by atoms with van der Waals surface area (Å²) >= 11 is 0. The van der Waals surface area contributed by atoms with Crippen molar-refractivity contribution < 1.29 is 13.3 Å². The topological polar surface area (TPSA) is 114 Å². The van der Waals surface area contributed by atoms with E-state index < -0.39 is 14.9 Å². The molecule has 1 fully saturated rings. The minimum Gasteiger partial charge on any atom is -0.358 e. The first-order chi connectivity index (χ1) is 9.40. The summed E-state index contributed by atoms with van der Waals surface area (Å²) in [5.74, 6) is -0.378. The lowest BCUT2D eigenvalue weighted by Crippen LogP contribution is -2.51. The fraction of sp³-hybridized carbons (Fsp3) is 0.545. The lowest BCUT2D eigenvalue weighted by Gasteiger charge is -2.30. The molecule has 9 heteroatoms. The van der Waals surface area contributed by atoms with Gasteiger partial charge in [0.2, 0.25) is 10.0 Å². The van der Waals surface area contributed by atoms with Crippen molar-refractivity contribution in [3.63, 3.8) is 0 Å². The van der Waals surface area contributed by atoms with Gasteiger partial charge >= 0.3 is 5.82 Å². The van der Waals surface area contributed by atoms with Crippen LogP contribution in [0, 0.1) is 10.1 Å². The van der Waals surface area contributed by atoms with Gasteiger partial charge in [-0.3, -0.25) is 0 Å². The molecule has 1 aliphatic rings. The highest BCUT2D eigenvalue weighted by atomic mass is 32.2. The minimum atomic E-state index is -3.71. The third-order valence-electron chi connectivity index (χ3n) is 3.29. The Morgan fingerprint density at radius 3 is 2.80 bits per heavy atom. The fourth-order valence-electron chi connectivity index (χ4n) is 2.11. The van der Waals surface area contributed by atoms with E-state index in [2.05, 4.69) is 15.0 Å². The van der Waals surface area contributed by atoms with Gasteiger partial charge in [0, 0.05) is 18.2 Å². The van der Waals surface area contributed by atoms with E-state index in [1.165, 1.54) is 6.07 Å². The molecule has 1 aliphatic heterocycles. The second-order valence-corrected chi connectivity index (χ2v) is 6.44. The van der Waals surface area contributed by atoms with Gasteiger partial charge < -0.3 is 15.4 Å². The van der Waals surface area contributed by atoms with E-state index in [-0.39, 0.29) is 22.8 Å². The molecule has 20 heavy (non-hydrogen) atoms. The monoisotopic (exact) mass is 300 g/mol. The first kappa shape index (κ1) is 14.8. The Labute approximate surface area is 116 Å². The SMILES string of the molecule is CC1NCCCC1NS(=O)(=O)c1ccc([N+](=O)[O-])nc1. The third kappa shape index (κ3) is 3.30. The first-order valence-electron chi connectivity index (χ1n) is 6.26. The summed E-state index contributed by atoms with van der Waals surface area (Å²) in [6.45, 7) is 2.79. The van der Waals surface area contributed by atoms with Crippen molar-refractivity contribution in [1.82, 2.24) is 15.0 Å². The number of piperidine rings is 1. The van der Waals surface area contributed by atoms with E-state index in [1.807, 2.05) is 6.92 Å². The van der Waals surface area contributed by atoms with E-state index in [0.717, 1.165) is 31.6 Å². The van der Waals surface area contributed by atoms with Gasteiger partial charge in [0.05, 0.1) is 0 Å². The zero-order valence-electron chi connectivity index (χ0n) is 10.9. The lowest BCUT2D eigenvalue weighted by molar-refractivity contribution is -0.389. The second-order valence-electron chi connectivity index (χ2n) is 4.72. The van der Waals surface area contributed by atoms with Crippen LogP contribution < -0.4 is 10.0 Å². The molecule has 0 spiro atoms. The zero-order chi connectivity index (χ0) is 14.8. The molecule has 1 aromatic heterocycles. The third-order valence-corrected chi connectivity index (χ3v) is 4.76. The molecule has 2 rings (SSSR count). The Morgan fingerprint density at radius 1 is 1.50 bits per heavy atom. The summed E-state index contributed by atoms with van der Waals surface area (Å²) in [5, 5.41) is 13.7. The van der Waals surface area contributed by atoms with Gasteiger partial charge in [-0.1, -0.05) is 0 Å². The van der Waals surface area contributed by atoms with E-state index in [4.69, 9.17) is 0 Å². The van der Waals surface area contributed by atoms with Gasteiger partial charge in [-0.2, -0.15) is 0 Å². The average Bonchev–Trinajstić information content (AvgIpc) is 2.41. The van der Waals surface area contributed by atoms with Crippen molar-refractivity contribution in [2.45, 2.75) is 36.7 Å². The molecular formula is C11H16N4O4S. The van der Waals surface area contributed by atoms with Crippen LogP contribution >= 0.6 is 0 Å². The molecule has 2 unspecified atom stereocenters. The summed E-state index contributed by atoms with van der Waals surface area (Å²) in [5.41, 5.74) is 0. The Morgan fingerprint density at radius 2 is 2.25 bits per heavy atom. The molecule has 0 bridgehead atoms. The van der Waals surface area contributed by atoms with E-state index in [1.54, 1.807) is 0 Å². The Hall–Kier alpha value is -1.58. The maximum Gasteiger partial charge on any atom is 0.363 e. The number of nitrogens with zero attached hydrogens (tertiary/aromatic N) is 2. The van der Waals surface area contributed by atoms with Gasteiger partial charge in [0.1, 0.15) is 4.90 Å². The van der Waals surface area contributed by atoms with Gasteiger partial charge in [-0.25, -0.2) is 13.1 Å². The Balaban J connectivity index is 2.15. The minimum absolute atomic E-state index is 0.0459. The number of rotatable bonds is 4. The van der Waals surface area contributed by atoms with Crippen LogP contribution in [0.3, 0.4) is 0 Å². The molecule has 2 atom stereocenters. The van der Waals surface area contributed by atoms with Gasteiger partial charge in [-0.15, -0.1) is 0 Å². The molecule has 0 amide bonds. The highest BCUT2D eigenvalue weighted by molar-refractivity contribution is 7.89. The van der Waals surface area contributed by atoms with Crippen molar-refractivity contribution in [2.24, 2.45) is 0 Å². The predicted octanol–water partition coefficient (Wildman–Crippen LogP) is 0.409. The van der Waals surface area contributed by atoms with Gasteiger partial charge in [0.15, 0.2) is 6.20 Å². The number of aromatic nitrogens is 1. The van der Waals surface area contributed by atoms with Crippen LogP contribution in [0.1, 0.15) is 19.8 Å². The number of nitrogens with one attached hydrogen (secondary N) is 2. The van der Waals surface area contributed by atoms with Crippen molar-refractivity contribution in [1.29, 1.82) is 0 Å². The highest BCUT2D eigenvalue weighted by Crippen LogP contribution is 2.15. The van der Waals surface area contributed by atoms with Crippen molar-refractivity contribution in [2.75, 3.05) is 6.54 Å². The zero-order valence-corrected chi connectivity index (χ0v) is 11.8. The van der Waals surface area contributed by atoms with Crippen LogP contribution in [0.25, 0.3) is 0 Å². The molecule has 1 saturated heterocycles. The maximum absolute atomic E-state index is 12.2.